The molecule has 3 N–H and O–H groups in total. The van der Waals surface area contributed by atoms with Gasteiger partial charge >= 0.3 is 6.18 Å². The lowest BCUT2D eigenvalue weighted by atomic mass is 10.0. The monoisotopic (exact) mass is 401 g/mol. The fourth-order valence-corrected chi connectivity index (χ4v) is 2.51. The van der Waals surface area contributed by atoms with E-state index in [4.69, 9.17) is 27.3 Å². The van der Waals surface area contributed by atoms with E-state index in [1.54, 1.807) is 0 Å². The zero-order chi connectivity index (χ0) is 20.0. The number of nitrogens with one attached hydrogen (secondary N) is 3. The molecular formula is C16H15ClF3N5O2. The van der Waals surface area contributed by atoms with E-state index in [2.05, 4.69) is 10.5 Å². The lowest BCUT2D eigenvalue weighted by Gasteiger charge is -2.19. The lowest BCUT2D eigenvalue weighted by Crippen LogP contribution is -2.30. The summed E-state index contributed by atoms with van der Waals surface area (Å²) >= 11 is 5.61. The van der Waals surface area contributed by atoms with Gasteiger partial charge in [0.15, 0.2) is 6.61 Å². The van der Waals surface area contributed by atoms with Crippen molar-refractivity contribution in [1.29, 1.82) is 10.9 Å². The van der Waals surface area contributed by atoms with E-state index in [0.29, 0.717) is 11.4 Å². The second-order valence-electron chi connectivity index (χ2n) is 5.39. The number of allylic oxidation sites excluding steroid dienone is 4. The number of carbonyl (C=O) groups excluding carboxylic acids is 1. The van der Waals surface area contributed by atoms with Crippen LogP contribution in [0.5, 0.6) is 5.75 Å². The molecule has 2 rings (SSSR count). The second kappa shape index (κ2) is 8.67. The third-order valence-corrected chi connectivity index (χ3v) is 3.92. The van der Waals surface area contributed by atoms with E-state index in [-0.39, 0.29) is 23.6 Å². The van der Waals surface area contributed by atoms with Crippen LogP contribution in [0.3, 0.4) is 0 Å². The van der Waals surface area contributed by atoms with Crippen LogP contribution in [0.25, 0.3) is 0 Å². The molecule has 7 nitrogen and oxygen atoms in total. The Balaban J connectivity index is 1.93. The Hall–Kier alpha value is -2.88. The topological polar surface area (TPSA) is 102 Å². The predicted octanol–water partition coefficient (Wildman–Crippen LogP) is 4.27. The molecule has 1 aromatic rings. The molecule has 0 saturated heterocycles. The molecule has 144 valence electrons. The molecule has 0 bridgehead atoms. The first kappa shape index (κ1) is 20.4. The maximum Gasteiger partial charge on any atom is 0.417 e. The van der Waals surface area contributed by atoms with Crippen LogP contribution in [0, 0.1) is 10.9 Å². The molecule has 1 aliphatic carbocycles. The summed E-state index contributed by atoms with van der Waals surface area (Å²) < 4.78 is 43.8. The zero-order valence-corrected chi connectivity index (χ0v) is 14.6. The fourth-order valence-electron chi connectivity index (χ4n) is 2.26. The third-order valence-electron chi connectivity index (χ3n) is 3.53. The Bertz CT molecular complexity index is 782. The Morgan fingerprint density at radius 1 is 1.33 bits per heavy atom. The quantitative estimate of drug-likeness (QED) is 0.275. The van der Waals surface area contributed by atoms with Gasteiger partial charge in [0, 0.05) is 10.7 Å². The van der Waals surface area contributed by atoms with Crippen molar-refractivity contribution in [3.8, 4) is 5.75 Å². The minimum Gasteiger partial charge on any atom is -0.484 e. The molecule has 1 aliphatic rings. The Kier molecular flexibility index (Phi) is 6.56. The van der Waals surface area contributed by atoms with Crippen molar-refractivity contribution in [2.45, 2.75) is 19.0 Å². The van der Waals surface area contributed by atoms with Gasteiger partial charge in [0.25, 0.3) is 5.91 Å². The molecule has 1 aromatic carbocycles. The van der Waals surface area contributed by atoms with E-state index in [1.807, 2.05) is 0 Å². The average Bonchev–Trinajstić information content (AvgIpc) is 2.63. The van der Waals surface area contributed by atoms with Crippen LogP contribution in [-0.2, 0) is 4.79 Å². The van der Waals surface area contributed by atoms with Gasteiger partial charge < -0.3 is 10.1 Å². The normalized spacial score (nSPS) is 14.3. The van der Waals surface area contributed by atoms with Gasteiger partial charge in [-0.15, -0.1) is 0 Å². The van der Waals surface area contributed by atoms with E-state index in [1.165, 1.54) is 24.3 Å². The van der Waals surface area contributed by atoms with Crippen molar-refractivity contribution < 1.29 is 22.7 Å². The maximum absolute atomic E-state index is 12.9. The number of ether oxygens (including phenoxy) is 1. The molecule has 0 unspecified atom stereocenters. The van der Waals surface area contributed by atoms with E-state index in [9.17, 15) is 18.0 Å². The van der Waals surface area contributed by atoms with Crippen molar-refractivity contribution in [1.82, 2.24) is 5.32 Å². The standard InChI is InChI=1S/C16H15ClF3N5O2/c17-14-6-1-10(7-13(14)16(18,19)20)23-15(26)8-27-12-4-2-11(3-5-12)25(9-21)24-22/h2-5,7,9,21-22H,1,6,8H2,(H,23,26). The molecule has 0 aliphatic heterocycles. The first-order valence-corrected chi connectivity index (χ1v) is 7.98. The highest BCUT2D eigenvalue weighted by atomic mass is 35.5. The third kappa shape index (κ3) is 5.55. The summed E-state index contributed by atoms with van der Waals surface area (Å²) in [5, 5.41) is 13.3. The summed E-state index contributed by atoms with van der Waals surface area (Å²) in [5.74, 6) is -0.271. The number of carbonyl (C=O) groups is 1. The van der Waals surface area contributed by atoms with Gasteiger partial charge in [-0.25, -0.2) is 5.01 Å². The summed E-state index contributed by atoms with van der Waals surface area (Å²) in [6.45, 7) is -0.396. The van der Waals surface area contributed by atoms with Crippen molar-refractivity contribution in [2.24, 2.45) is 5.22 Å². The van der Waals surface area contributed by atoms with Crippen molar-refractivity contribution in [2.75, 3.05) is 11.6 Å². The van der Waals surface area contributed by atoms with Crippen LogP contribution in [-0.4, -0.2) is 25.0 Å². The number of rotatable bonds is 7. The molecule has 0 aromatic heterocycles. The second-order valence-corrected chi connectivity index (χ2v) is 5.85. The molecular weight excluding hydrogens is 387 g/mol. The highest BCUT2D eigenvalue weighted by molar-refractivity contribution is 6.30. The molecule has 0 heterocycles. The summed E-state index contributed by atoms with van der Waals surface area (Å²) in [7, 11) is 0. The Morgan fingerprint density at radius 2 is 2.00 bits per heavy atom. The highest BCUT2D eigenvalue weighted by Crippen LogP contribution is 2.36. The number of nitrogens with zero attached hydrogens (tertiary/aromatic N) is 2. The van der Waals surface area contributed by atoms with Crippen molar-refractivity contribution in [3.05, 3.63) is 46.6 Å². The Morgan fingerprint density at radius 3 is 2.56 bits per heavy atom. The summed E-state index contributed by atoms with van der Waals surface area (Å²) in [6, 6.07) is 6.08. The van der Waals surface area contributed by atoms with Gasteiger partial charge in [-0.05, 0) is 43.2 Å². The zero-order valence-electron chi connectivity index (χ0n) is 13.8. The van der Waals surface area contributed by atoms with E-state index in [0.717, 1.165) is 17.4 Å². The first-order valence-electron chi connectivity index (χ1n) is 7.61. The van der Waals surface area contributed by atoms with Crippen molar-refractivity contribution >= 4 is 29.5 Å². The SMILES string of the molecule is N=CN(N=N)c1ccc(OCC(=O)NC2=CC(C(F)(F)F)=C(Cl)CC2)cc1. The minimum atomic E-state index is -4.58. The van der Waals surface area contributed by atoms with Crippen molar-refractivity contribution in [3.63, 3.8) is 0 Å². The molecule has 1 amide bonds. The fraction of sp³-hybridized carbons (Fsp3) is 0.250. The maximum atomic E-state index is 12.9. The van der Waals surface area contributed by atoms with Crippen LogP contribution >= 0.6 is 11.6 Å². The lowest BCUT2D eigenvalue weighted by molar-refractivity contribution is -0.122. The number of hydrogen-bond acceptors (Lipinski definition) is 5. The van der Waals surface area contributed by atoms with Crippen LogP contribution in [0.2, 0.25) is 0 Å². The molecule has 0 saturated carbocycles. The molecule has 0 spiro atoms. The van der Waals surface area contributed by atoms with E-state index >= 15 is 0 Å². The smallest absolute Gasteiger partial charge is 0.417 e. The summed E-state index contributed by atoms with van der Waals surface area (Å²) in [6.07, 6.45) is -2.72. The van der Waals surface area contributed by atoms with E-state index < -0.39 is 24.3 Å². The molecule has 0 fully saturated rings. The first-order chi connectivity index (χ1) is 12.7. The van der Waals surface area contributed by atoms with Crippen LogP contribution in [0.15, 0.2) is 51.9 Å². The minimum absolute atomic E-state index is 0.00456. The van der Waals surface area contributed by atoms with Crippen LogP contribution < -0.4 is 15.1 Å². The number of halogens is 4. The Labute approximate surface area is 157 Å². The van der Waals surface area contributed by atoms with Gasteiger partial charge in [0.2, 0.25) is 0 Å². The predicted molar refractivity (Wildman–Crippen MR) is 92.7 cm³/mol. The molecule has 11 heteroatoms. The van der Waals surface area contributed by atoms with Gasteiger partial charge in [0.1, 0.15) is 12.1 Å². The molecule has 27 heavy (non-hydrogen) atoms. The van der Waals surface area contributed by atoms with Crippen LogP contribution in [0.1, 0.15) is 12.8 Å². The largest absolute Gasteiger partial charge is 0.484 e. The van der Waals surface area contributed by atoms with Gasteiger partial charge in [-0.1, -0.05) is 16.8 Å². The number of amides is 1. The molecule has 0 radical (unpaired) electrons. The number of benzene rings is 1. The highest BCUT2D eigenvalue weighted by Gasteiger charge is 2.36. The summed E-state index contributed by atoms with van der Waals surface area (Å²) in [5.41, 5.74) is 6.52. The van der Waals surface area contributed by atoms with Gasteiger partial charge in [0.05, 0.1) is 11.3 Å². The molecule has 0 atom stereocenters. The number of alkyl halides is 3. The number of anilines is 1. The van der Waals surface area contributed by atoms with Gasteiger partial charge in [-0.3, -0.25) is 10.2 Å². The van der Waals surface area contributed by atoms with Crippen LogP contribution in [0.4, 0.5) is 18.9 Å². The van der Waals surface area contributed by atoms with Gasteiger partial charge in [-0.2, -0.15) is 18.7 Å². The summed E-state index contributed by atoms with van der Waals surface area (Å²) in [4.78, 5) is 11.9. The number of hydrogen-bond donors (Lipinski definition) is 3. The average molecular weight is 402 g/mol.